The molecule has 45 heavy (non-hydrogen) atoms. The maximum Gasteiger partial charge on any atom is 0.260 e. The number of likely N-dealkylation sites (tertiary alicyclic amines) is 2. The number of rotatable bonds is 8. The summed E-state index contributed by atoms with van der Waals surface area (Å²) in [4.78, 5) is 40.1. The molecule has 9 nitrogen and oxygen atoms in total. The molecule has 1 aliphatic carbocycles. The van der Waals surface area contributed by atoms with Gasteiger partial charge in [0.25, 0.3) is 11.8 Å². The van der Waals surface area contributed by atoms with Crippen LogP contribution in [-0.4, -0.2) is 79.5 Å². The van der Waals surface area contributed by atoms with E-state index in [-0.39, 0.29) is 11.8 Å². The van der Waals surface area contributed by atoms with Gasteiger partial charge in [0.15, 0.2) is 0 Å². The fraction of sp³-hybridized carbons (Fsp3) is 0.472. The van der Waals surface area contributed by atoms with Crippen molar-refractivity contribution < 1.29 is 14.3 Å². The molecule has 1 saturated carbocycles. The van der Waals surface area contributed by atoms with Crippen LogP contribution in [0.1, 0.15) is 66.2 Å². The summed E-state index contributed by atoms with van der Waals surface area (Å²) in [6, 6.07) is 15.9. The topological polar surface area (TPSA) is 81.2 Å². The first-order valence-corrected chi connectivity index (χ1v) is 16.6. The number of fused-ring (bicyclic) bond motifs is 2. The molecule has 4 heterocycles. The highest BCUT2D eigenvalue weighted by molar-refractivity contribution is 6.13. The molecule has 0 spiro atoms. The van der Waals surface area contributed by atoms with Crippen LogP contribution >= 0.6 is 0 Å². The zero-order valence-corrected chi connectivity index (χ0v) is 26.7. The van der Waals surface area contributed by atoms with E-state index >= 15 is 0 Å². The number of anilines is 5. The normalized spacial score (nSPS) is 20.6. The van der Waals surface area contributed by atoms with Crippen LogP contribution in [-0.2, 0) is 0 Å². The zero-order chi connectivity index (χ0) is 31.1. The number of nitrogens with zero attached hydrogens (tertiary/aromatic N) is 5. The highest BCUT2D eigenvalue weighted by Gasteiger charge is 2.38. The van der Waals surface area contributed by atoms with Crippen molar-refractivity contribution in [3.63, 3.8) is 0 Å². The second-order valence-corrected chi connectivity index (χ2v) is 13.2. The minimum atomic E-state index is -0.0393. The van der Waals surface area contributed by atoms with Gasteiger partial charge in [0.05, 0.1) is 41.1 Å². The Morgan fingerprint density at radius 3 is 2.49 bits per heavy atom. The molecule has 236 valence electrons. The van der Waals surface area contributed by atoms with Crippen LogP contribution in [0.3, 0.4) is 0 Å². The summed E-state index contributed by atoms with van der Waals surface area (Å²) >= 11 is 0. The van der Waals surface area contributed by atoms with E-state index in [0.29, 0.717) is 41.3 Å². The fourth-order valence-electron chi connectivity index (χ4n) is 7.30. The van der Waals surface area contributed by atoms with Crippen molar-refractivity contribution in [1.82, 2.24) is 14.8 Å². The molecule has 2 amide bonds. The Morgan fingerprint density at radius 1 is 0.933 bits per heavy atom. The van der Waals surface area contributed by atoms with Crippen molar-refractivity contribution in [3.8, 4) is 5.75 Å². The third-order valence-corrected chi connectivity index (χ3v) is 9.96. The van der Waals surface area contributed by atoms with Crippen molar-refractivity contribution >= 4 is 40.4 Å². The van der Waals surface area contributed by atoms with Crippen LogP contribution in [0, 0.1) is 11.8 Å². The van der Waals surface area contributed by atoms with Gasteiger partial charge in [0, 0.05) is 37.8 Å². The van der Waals surface area contributed by atoms with Crippen molar-refractivity contribution in [1.29, 1.82) is 0 Å². The fourth-order valence-corrected chi connectivity index (χ4v) is 7.30. The summed E-state index contributed by atoms with van der Waals surface area (Å²) < 4.78 is 6.04. The number of hydrogen-bond donors (Lipinski definition) is 1. The van der Waals surface area contributed by atoms with Crippen LogP contribution in [0.25, 0.3) is 0 Å². The second-order valence-electron chi connectivity index (χ2n) is 13.2. The number of para-hydroxylation sites is 1. The van der Waals surface area contributed by atoms with E-state index in [1.165, 1.54) is 32.4 Å². The van der Waals surface area contributed by atoms with Gasteiger partial charge in [-0.3, -0.25) is 9.59 Å². The Morgan fingerprint density at radius 2 is 1.71 bits per heavy atom. The molecule has 7 rings (SSSR count). The van der Waals surface area contributed by atoms with E-state index in [1.54, 1.807) is 11.1 Å². The third-order valence-electron chi connectivity index (χ3n) is 9.96. The molecular weight excluding hydrogens is 564 g/mol. The highest BCUT2D eigenvalue weighted by Crippen LogP contribution is 2.47. The first kappa shape index (κ1) is 29.6. The number of nitrogens with one attached hydrogen (secondary N) is 1. The van der Waals surface area contributed by atoms with Crippen molar-refractivity contribution in [2.75, 3.05) is 62.0 Å². The lowest BCUT2D eigenvalue weighted by Crippen LogP contribution is -2.32. The molecule has 9 heteroatoms. The standard InChI is InChI=1S/C36H44N6O3/c1-4-45-33-20-26(35(43)41-18-15-25(23-41)19-24-13-16-39(2)17-14-24)9-12-29(33)38-34-21-31-32(22-37-34)40(3)36(44)28-7-5-6-8-30(28)42(31)27-10-11-27/h5-9,12,20-22,24-25,27H,4,10-11,13-19,23H2,1-3H3,(H,37,38)/t25-/m0/s1. The van der Waals surface area contributed by atoms with E-state index in [4.69, 9.17) is 9.72 Å². The minimum Gasteiger partial charge on any atom is -0.492 e. The SMILES string of the molecule is CCOc1cc(C(=O)N2CC[C@@H](CC3CCN(C)CC3)C2)ccc1Nc1cc2c(cn1)N(C)C(=O)c1ccccc1N2C1CC1. The minimum absolute atomic E-state index is 0.0393. The zero-order valence-electron chi connectivity index (χ0n) is 26.7. The molecule has 4 aliphatic rings. The van der Waals surface area contributed by atoms with Gasteiger partial charge in [-0.2, -0.15) is 0 Å². The lowest BCUT2D eigenvalue weighted by molar-refractivity contribution is 0.0783. The lowest BCUT2D eigenvalue weighted by atomic mass is 9.87. The molecule has 1 N–H and O–H groups in total. The van der Waals surface area contributed by atoms with Crippen LogP contribution in [0.4, 0.5) is 28.6 Å². The number of benzene rings is 2. The number of aromatic nitrogens is 1. The molecule has 3 aromatic rings. The number of carbonyl (C=O) groups excluding carboxylic acids is 2. The summed E-state index contributed by atoms with van der Waals surface area (Å²) in [6.07, 6.45) is 8.78. The summed E-state index contributed by atoms with van der Waals surface area (Å²) in [5.41, 5.74) is 4.75. The molecule has 2 saturated heterocycles. The summed E-state index contributed by atoms with van der Waals surface area (Å²) in [6.45, 7) is 6.45. The van der Waals surface area contributed by atoms with Crippen molar-refractivity contribution in [2.45, 2.75) is 51.5 Å². The van der Waals surface area contributed by atoms with E-state index < -0.39 is 0 Å². The van der Waals surface area contributed by atoms with Gasteiger partial charge in [-0.1, -0.05) is 12.1 Å². The Labute approximate surface area is 266 Å². The van der Waals surface area contributed by atoms with Crippen LogP contribution < -0.4 is 19.9 Å². The Hall–Kier alpha value is -4.11. The number of hydrogen-bond acceptors (Lipinski definition) is 7. The third kappa shape index (κ3) is 5.98. The molecule has 3 fully saturated rings. The molecule has 1 atom stereocenters. The number of piperidine rings is 1. The molecular formula is C36H44N6O3. The van der Waals surface area contributed by atoms with Gasteiger partial charge in [-0.05, 0) is 108 Å². The molecule has 0 radical (unpaired) electrons. The largest absolute Gasteiger partial charge is 0.492 e. The Kier molecular flexibility index (Phi) is 8.12. The van der Waals surface area contributed by atoms with Gasteiger partial charge < -0.3 is 29.7 Å². The van der Waals surface area contributed by atoms with Gasteiger partial charge in [0.2, 0.25) is 0 Å². The van der Waals surface area contributed by atoms with Gasteiger partial charge in [-0.25, -0.2) is 4.98 Å². The highest BCUT2D eigenvalue weighted by atomic mass is 16.5. The maximum atomic E-state index is 13.6. The van der Waals surface area contributed by atoms with E-state index in [2.05, 4.69) is 22.2 Å². The first-order chi connectivity index (χ1) is 21.9. The maximum absolute atomic E-state index is 13.6. The van der Waals surface area contributed by atoms with Gasteiger partial charge >= 0.3 is 0 Å². The smallest absolute Gasteiger partial charge is 0.260 e. The van der Waals surface area contributed by atoms with Gasteiger partial charge in [-0.15, -0.1) is 0 Å². The second kappa shape index (κ2) is 12.4. The average molecular weight is 609 g/mol. The predicted octanol–water partition coefficient (Wildman–Crippen LogP) is 6.31. The summed E-state index contributed by atoms with van der Waals surface area (Å²) in [5.74, 6) is 2.68. The van der Waals surface area contributed by atoms with E-state index in [1.807, 2.05) is 67.4 Å². The van der Waals surface area contributed by atoms with Crippen LogP contribution in [0.5, 0.6) is 5.75 Å². The predicted molar refractivity (Wildman–Crippen MR) is 178 cm³/mol. The molecule has 1 aromatic heterocycles. The Balaban J connectivity index is 1.10. The number of pyridine rings is 1. The monoisotopic (exact) mass is 608 g/mol. The van der Waals surface area contributed by atoms with Gasteiger partial charge in [0.1, 0.15) is 11.6 Å². The first-order valence-electron chi connectivity index (χ1n) is 16.6. The lowest BCUT2D eigenvalue weighted by Gasteiger charge is -2.30. The van der Waals surface area contributed by atoms with Crippen molar-refractivity contribution in [3.05, 3.63) is 65.9 Å². The van der Waals surface area contributed by atoms with E-state index in [0.717, 1.165) is 61.0 Å². The summed E-state index contributed by atoms with van der Waals surface area (Å²) in [7, 11) is 4.01. The molecule has 0 bridgehead atoms. The quantitative estimate of drug-likeness (QED) is 0.321. The average Bonchev–Trinajstić information content (AvgIpc) is 3.79. The molecule has 3 aliphatic heterocycles. The summed E-state index contributed by atoms with van der Waals surface area (Å²) in [5, 5.41) is 3.45. The molecule has 2 aromatic carbocycles. The number of carbonyl (C=O) groups is 2. The Bertz CT molecular complexity index is 1580. The number of amides is 2. The van der Waals surface area contributed by atoms with E-state index in [9.17, 15) is 9.59 Å². The van der Waals surface area contributed by atoms with Crippen LogP contribution in [0.2, 0.25) is 0 Å². The van der Waals surface area contributed by atoms with Crippen molar-refractivity contribution in [2.24, 2.45) is 11.8 Å². The number of ether oxygens (including phenoxy) is 1. The molecule has 0 unspecified atom stereocenters. The van der Waals surface area contributed by atoms with Crippen LogP contribution in [0.15, 0.2) is 54.7 Å².